The maximum atomic E-state index is 12.4. The maximum Gasteiger partial charge on any atom is 0.500 e. The first-order chi connectivity index (χ1) is 7.41. The van der Waals surface area contributed by atoms with E-state index in [2.05, 4.69) is 4.99 Å². The molecule has 0 amide bonds. The van der Waals surface area contributed by atoms with Crippen LogP contribution in [0.1, 0.15) is 0 Å². The van der Waals surface area contributed by atoms with E-state index in [1.165, 1.54) is 6.08 Å². The van der Waals surface area contributed by atoms with E-state index in [-0.39, 0.29) is 21.6 Å². The van der Waals surface area contributed by atoms with Crippen LogP contribution >= 0.6 is 12.6 Å². The molecule has 0 unspecified atom stereocenters. The summed E-state index contributed by atoms with van der Waals surface area (Å²) in [5.74, 6) is -0.00567. The molecular weight excluding hydrogens is 245 g/mol. The maximum absolute atomic E-state index is 12.4. The predicted octanol–water partition coefficient (Wildman–Crippen LogP) is 0.828. The molecule has 2 aliphatic heterocycles. The number of nitrogens with one attached hydrogen (secondary N) is 1. The van der Waals surface area contributed by atoms with E-state index in [0.29, 0.717) is 0 Å². The van der Waals surface area contributed by atoms with Crippen molar-refractivity contribution in [3.63, 3.8) is 0 Å². The minimum absolute atomic E-state index is 0.00567. The number of aliphatic imine (C=N–C) groups is 1. The molecule has 1 radical (unpaired) electrons. The third-order valence-corrected chi connectivity index (χ3v) is 2.13. The minimum Gasteiger partial charge on any atom is -0.390 e. The van der Waals surface area contributed by atoms with E-state index in [0.717, 1.165) is 11.2 Å². The fourth-order valence-corrected chi connectivity index (χ4v) is 1.48. The lowest BCUT2D eigenvalue weighted by Crippen LogP contribution is -2.47. The molecule has 2 rings (SSSR count). The van der Waals surface area contributed by atoms with Gasteiger partial charge in [-0.1, -0.05) is 12.6 Å². The van der Waals surface area contributed by atoms with Crippen molar-refractivity contribution in [2.75, 3.05) is 6.61 Å². The largest absolute Gasteiger partial charge is 0.500 e. The number of halogens is 3. The molecule has 0 fully saturated rings. The average molecular weight is 251 g/mol. The minimum atomic E-state index is -4.57. The van der Waals surface area contributed by atoms with E-state index in [1.54, 1.807) is 0 Å². The van der Waals surface area contributed by atoms with E-state index in [9.17, 15) is 13.2 Å². The normalized spacial score (nSPS) is 20.4. The van der Waals surface area contributed by atoms with Gasteiger partial charge >= 0.3 is 6.30 Å². The van der Waals surface area contributed by atoms with Crippen molar-refractivity contribution in [1.29, 1.82) is 0 Å². The number of hydrazine groups is 2. The van der Waals surface area contributed by atoms with E-state index >= 15 is 0 Å². The molecule has 0 aliphatic carbocycles. The number of fused-ring (bicyclic) bond motifs is 1. The number of aliphatic hydroxyl groups excluding tert-OH is 1. The molecular formula is C7H6F3N4OS. The number of rotatable bonds is 1. The standard InChI is InChI=1S/C7H6F3N4OS/c8-7(9,10)13-2-5-11-6(16)1-4(3-15)14(5)12-13/h1-2,12,15H,3H2. The molecule has 87 valence electrons. The van der Waals surface area contributed by atoms with Crippen molar-refractivity contribution in [1.82, 2.24) is 15.6 Å². The van der Waals surface area contributed by atoms with Crippen molar-refractivity contribution in [2.45, 2.75) is 6.30 Å². The van der Waals surface area contributed by atoms with Gasteiger partial charge < -0.3 is 5.11 Å². The van der Waals surface area contributed by atoms with Crippen molar-refractivity contribution >= 4 is 17.7 Å². The van der Waals surface area contributed by atoms with Gasteiger partial charge in [-0.05, 0) is 6.08 Å². The lowest BCUT2D eigenvalue weighted by molar-refractivity contribution is -0.251. The summed E-state index contributed by atoms with van der Waals surface area (Å²) < 4.78 is 37.1. The van der Waals surface area contributed by atoms with E-state index in [1.807, 2.05) is 5.53 Å². The zero-order chi connectivity index (χ0) is 11.9. The summed E-state index contributed by atoms with van der Waals surface area (Å²) in [5.41, 5.74) is 2.23. The van der Waals surface area contributed by atoms with Gasteiger partial charge in [-0.15, -0.1) is 18.7 Å². The molecule has 0 atom stereocenters. The van der Waals surface area contributed by atoms with Crippen molar-refractivity contribution in [3.05, 3.63) is 23.8 Å². The highest BCUT2D eigenvalue weighted by Gasteiger charge is 2.42. The van der Waals surface area contributed by atoms with E-state index in [4.69, 9.17) is 17.7 Å². The Bertz CT molecular complexity index is 403. The van der Waals surface area contributed by atoms with Crippen LogP contribution in [0.5, 0.6) is 0 Å². The predicted molar refractivity (Wildman–Crippen MR) is 51.1 cm³/mol. The molecule has 0 bridgehead atoms. The Morgan fingerprint density at radius 3 is 2.75 bits per heavy atom. The highest BCUT2D eigenvalue weighted by Crippen LogP contribution is 2.29. The number of aliphatic hydroxyl groups is 1. The molecule has 0 spiro atoms. The molecule has 5 nitrogen and oxygen atoms in total. The molecule has 0 saturated heterocycles. The van der Waals surface area contributed by atoms with Crippen LogP contribution in [0.25, 0.3) is 0 Å². The number of alkyl halides is 3. The molecule has 0 aromatic rings. The first-order valence-electron chi connectivity index (χ1n) is 4.13. The lowest BCUT2D eigenvalue weighted by Gasteiger charge is -2.27. The van der Waals surface area contributed by atoms with Gasteiger partial charge in [0.15, 0.2) is 5.82 Å². The Morgan fingerprint density at radius 2 is 2.19 bits per heavy atom. The van der Waals surface area contributed by atoms with Gasteiger partial charge in [-0.2, -0.15) is 0 Å². The second-order valence-corrected chi connectivity index (χ2v) is 3.42. The average Bonchev–Trinajstić information content (AvgIpc) is 2.59. The molecule has 0 saturated carbocycles. The SMILES string of the molecule is OCC1=CC([S])=NC2=CN(C(F)(F)F)NN12. The fraction of sp³-hybridized carbons (Fsp3) is 0.286. The summed E-state index contributed by atoms with van der Waals surface area (Å²) in [5, 5.41) is 10.0. The van der Waals surface area contributed by atoms with Gasteiger partial charge in [0.1, 0.15) is 5.04 Å². The van der Waals surface area contributed by atoms with Gasteiger partial charge in [-0.3, -0.25) is 0 Å². The van der Waals surface area contributed by atoms with Gasteiger partial charge in [0.2, 0.25) is 0 Å². The Labute approximate surface area is 93.9 Å². The zero-order valence-electron chi connectivity index (χ0n) is 7.69. The van der Waals surface area contributed by atoms with Gasteiger partial charge in [0.25, 0.3) is 0 Å². The van der Waals surface area contributed by atoms with Crippen LogP contribution in [0, 0.1) is 0 Å². The second-order valence-electron chi connectivity index (χ2n) is 3.00. The molecule has 2 N–H and O–H groups in total. The first-order valence-corrected chi connectivity index (χ1v) is 4.54. The summed E-state index contributed by atoms with van der Waals surface area (Å²) in [4.78, 5) is 3.73. The van der Waals surface area contributed by atoms with Gasteiger partial charge in [0.05, 0.1) is 18.5 Å². The van der Waals surface area contributed by atoms with Crippen LogP contribution in [-0.2, 0) is 0 Å². The molecule has 2 heterocycles. The fourth-order valence-electron chi connectivity index (χ4n) is 1.25. The number of hydrogen-bond donors (Lipinski definition) is 2. The molecule has 9 heteroatoms. The topological polar surface area (TPSA) is 51.1 Å². The highest BCUT2D eigenvalue weighted by molar-refractivity contribution is 7.97. The molecule has 0 aromatic carbocycles. The Kier molecular flexibility index (Phi) is 2.52. The van der Waals surface area contributed by atoms with Crippen LogP contribution in [0.2, 0.25) is 0 Å². The van der Waals surface area contributed by atoms with Crippen LogP contribution in [0.3, 0.4) is 0 Å². The van der Waals surface area contributed by atoms with Crippen molar-refractivity contribution < 1.29 is 18.3 Å². The van der Waals surface area contributed by atoms with Crippen LogP contribution in [0.4, 0.5) is 13.2 Å². The van der Waals surface area contributed by atoms with Crippen molar-refractivity contribution in [2.24, 2.45) is 4.99 Å². The van der Waals surface area contributed by atoms with Crippen LogP contribution in [0.15, 0.2) is 28.8 Å². The summed E-state index contributed by atoms with van der Waals surface area (Å²) >= 11 is 4.76. The smallest absolute Gasteiger partial charge is 0.390 e. The quantitative estimate of drug-likeness (QED) is 0.678. The number of nitrogens with zero attached hydrogens (tertiary/aromatic N) is 3. The molecule has 16 heavy (non-hydrogen) atoms. The Hall–Kier alpha value is -1.32. The highest BCUT2D eigenvalue weighted by atomic mass is 32.1. The zero-order valence-corrected chi connectivity index (χ0v) is 8.51. The third kappa shape index (κ3) is 1.84. The molecule has 0 aromatic heterocycles. The van der Waals surface area contributed by atoms with Crippen LogP contribution in [-0.4, -0.2) is 33.1 Å². The Balaban J connectivity index is 2.30. The monoisotopic (exact) mass is 251 g/mol. The summed E-state index contributed by atoms with van der Waals surface area (Å²) in [6, 6.07) is 0. The van der Waals surface area contributed by atoms with Gasteiger partial charge in [0, 0.05) is 0 Å². The third-order valence-electron chi connectivity index (χ3n) is 1.92. The van der Waals surface area contributed by atoms with E-state index < -0.39 is 12.9 Å². The summed E-state index contributed by atoms with van der Waals surface area (Å²) in [7, 11) is 0. The first kappa shape index (κ1) is 11.2. The Morgan fingerprint density at radius 1 is 1.50 bits per heavy atom. The van der Waals surface area contributed by atoms with Gasteiger partial charge in [-0.25, -0.2) is 15.0 Å². The molecule has 2 aliphatic rings. The number of hydrogen-bond acceptors (Lipinski definition) is 5. The second kappa shape index (κ2) is 3.61. The van der Waals surface area contributed by atoms with Crippen LogP contribution < -0.4 is 5.53 Å². The summed E-state index contributed by atoms with van der Waals surface area (Å²) in [6.07, 6.45) is -2.49. The lowest BCUT2D eigenvalue weighted by atomic mass is 10.3. The summed E-state index contributed by atoms with van der Waals surface area (Å²) in [6.45, 7) is -0.439. The van der Waals surface area contributed by atoms with Crippen molar-refractivity contribution in [3.8, 4) is 0 Å².